The Morgan fingerprint density at radius 2 is 1.91 bits per heavy atom. The Morgan fingerprint density at radius 3 is 2.58 bits per heavy atom. The number of H-pyrrole nitrogens is 1. The Morgan fingerprint density at radius 1 is 1.18 bits per heavy atom. The zero-order chi connectivity index (χ0) is 24.1. The van der Waals surface area contributed by atoms with E-state index in [1.165, 1.54) is 9.47 Å². The number of benzene rings is 1. The summed E-state index contributed by atoms with van der Waals surface area (Å²) in [7, 11) is 1.57. The summed E-state index contributed by atoms with van der Waals surface area (Å²) in [5.41, 5.74) is 6.19. The standard InChI is InChI=1S/C24H32N4O5/c1-5-7-9-13-27(19-21(25)28(12-8-6-2)24(31)26-22(19)29)23(30)20-15(3)17-14-16(32-4)10-11-18(17)33-20/h10-11,14H,5-9,12-13,25H2,1-4H3,(H,26,29,31). The predicted octanol–water partition coefficient (Wildman–Crippen LogP) is 3.82. The van der Waals surface area contributed by atoms with Gasteiger partial charge in [0.2, 0.25) is 0 Å². The van der Waals surface area contributed by atoms with Crippen LogP contribution in [-0.4, -0.2) is 29.1 Å². The lowest BCUT2D eigenvalue weighted by atomic mass is 10.1. The van der Waals surface area contributed by atoms with E-state index in [1.54, 1.807) is 32.2 Å². The molecule has 9 nitrogen and oxygen atoms in total. The molecule has 0 aliphatic rings. The molecule has 0 saturated carbocycles. The van der Waals surface area contributed by atoms with Crippen molar-refractivity contribution in [2.24, 2.45) is 0 Å². The molecule has 3 aromatic rings. The van der Waals surface area contributed by atoms with Gasteiger partial charge in [0.05, 0.1) is 7.11 Å². The summed E-state index contributed by atoms with van der Waals surface area (Å²) in [5.74, 6) is 0.280. The molecule has 0 unspecified atom stereocenters. The smallest absolute Gasteiger partial charge is 0.330 e. The fourth-order valence-corrected chi connectivity index (χ4v) is 3.86. The fraction of sp³-hybridized carbons (Fsp3) is 0.458. The molecule has 178 valence electrons. The quantitative estimate of drug-likeness (QED) is 0.447. The molecule has 1 amide bonds. The van der Waals surface area contributed by atoms with Crippen molar-refractivity contribution < 1.29 is 13.9 Å². The number of furan rings is 1. The number of fused-ring (bicyclic) bond motifs is 1. The van der Waals surface area contributed by atoms with Crippen molar-refractivity contribution in [1.29, 1.82) is 0 Å². The summed E-state index contributed by atoms with van der Waals surface area (Å²) >= 11 is 0. The van der Waals surface area contributed by atoms with Crippen molar-refractivity contribution in [3.8, 4) is 5.75 Å². The minimum absolute atomic E-state index is 0.0162. The Balaban J connectivity index is 2.13. The first-order valence-corrected chi connectivity index (χ1v) is 11.4. The normalized spacial score (nSPS) is 11.2. The molecule has 0 aliphatic heterocycles. The summed E-state index contributed by atoms with van der Waals surface area (Å²) in [4.78, 5) is 42.6. The van der Waals surface area contributed by atoms with Gasteiger partial charge in [0, 0.05) is 24.0 Å². The van der Waals surface area contributed by atoms with E-state index in [-0.39, 0.29) is 23.8 Å². The van der Waals surface area contributed by atoms with E-state index < -0.39 is 17.2 Å². The number of nitrogens with two attached hydrogens (primary N) is 1. The number of carbonyl (C=O) groups is 1. The van der Waals surface area contributed by atoms with Crippen LogP contribution in [0, 0.1) is 6.92 Å². The molecule has 3 N–H and O–H groups in total. The minimum atomic E-state index is -0.689. The van der Waals surface area contributed by atoms with Crippen LogP contribution in [0.1, 0.15) is 62.1 Å². The Hall–Kier alpha value is -3.49. The van der Waals surface area contributed by atoms with Gasteiger partial charge in [-0.15, -0.1) is 0 Å². The molecule has 0 aliphatic carbocycles. The second-order valence-corrected chi connectivity index (χ2v) is 8.08. The molecule has 3 rings (SSSR count). The Kier molecular flexibility index (Phi) is 7.63. The van der Waals surface area contributed by atoms with E-state index in [9.17, 15) is 14.4 Å². The van der Waals surface area contributed by atoms with Gasteiger partial charge >= 0.3 is 5.69 Å². The van der Waals surface area contributed by atoms with Gasteiger partial charge in [-0.25, -0.2) is 4.79 Å². The first-order chi connectivity index (χ1) is 15.8. The molecule has 2 aromatic heterocycles. The largest absolute Gasteiger partial charge is 0.497 e. The lowest BCUT2D eigenvalue weighted by molar-refractivity contribution is 0.0960. The number of methoxy groups -OCH3 is 1. The lowest BCUT2D eigenvalue weighted by Gasteiger charge is -2.24. The van der Waals surface area contributed by atoms with Crippen LogP contribution >= 0.6 is 0 Å². The van der Waals surface area contributed by atoms with Gasteiger partial charge in [0.25, 0.3) is 11.5 Å². The third-order valence-corrected chi connectivity index (χ3v) is 5.79. The van der Waals surface area contributed by atoms with Gasteiger partial charge in [0.15, 0.2) is 11.4 Å². The minimum Gasteiger partial charge on any atom is -0.497 e. The zero-order valence-corrected chi connectivity index (χ0v) is 19.7. The molecule has 0 saturated heterocycles. The zero-order valence-electron chi connectivity index (χ0n) is 19.7. The molecule has 9 heteroatoms. The lowest BCUT2D eigenvalue weighted by Crippen LogP contribution is -2.41. The third kappa shape index (κ3) is 4.81. The number of carbonyl (C=O) groups excluding carboxylic acids is 1. The summed E-state index contributed by atoms with van der Waals surface area (Å²) in [6, 6.07) is 5.30. The summed E-state index contributed by atoms with van der Waals surface area (Å²) in [6.07, 6.45) is 4.04. The van der Waals surface area contributed by atoms with Gasteiger partial charge in [0.1, 0.15) is 17.2 Å². The van der Waals surface area contributed by atoms with Crippen LogP contribution in [0.4, 0.5) is 11.5 Å². The predicted molar refractivity (Wildman–Crippen MR) is 129 cm³/mol. The molecule has 1 aromatic carbocycles. The summed E-state index contributed by atoms with van der Waals surface area (Å²) < 4.78 is 12.5. The number of aryl methyl sites for hydroxylation is 1. The highest BCUT2D eigenvalue weighted by molar-refractivity contribution is 6.09. The number of nitrogens with zero attached hydrogens (tertiary/aromatic N) is 2. The average molecular weight is 457 g/mol. The van der Waals surface area contributed by atoms with Gasteiger partial charge in [-0.1, -0.05) is 33.1 Å². The first-order valence-electron chi connectivity index (χ1n) is 11.4. The van der Waals surface area contributed by atoms with E-state index in [0.29, 0.717) is 36.3 Å². The van der Waals surface area contributed by atoms with E-state index in [0.717, 1.165) is 24.6 Å². The van der Waals surface area contributed by atoms with Crippen molar-refractivity contribution in [2.45, 2.75) is 59.4 Å². The van der Waals surface area contributed by atoms with Crippen molar-refractivity contribution in [2.75, 3.05) is 24.3 Å². The molecule has 2 heterocycles. The SMILES string of the molecule is CCCCCN(C(=O)c1oc2ccc(OC)cc2c1C)c1c(N)n(CCCC)c(=O)[nH]c1=O. The van der Waals surface area contributed by atoms with Crippen molar-refractivity contribution >= 4 is 28.4 Å². The molecular formula is C24H32N4O5. The van der Waals surface area contributed by atoms with E-state index >= 15 is 0 Å². The van der Waals surface area contributed by atoms with E-state index in [1.807, 2.05) is 6.92 Å². The number of hydrogen-bond acceptors (Lipinski definition) is 6. The van der Waals surface area contributed by atoms with Crippen LogP contribution in [0.2, 0.25) is 0 Å². The Labute approximate surface area is 192 Å². The molecular weight excluding hydrogens is 424 g/mol. The summed E-state index contributed by atoms with van der Waals surface area (Å²) in [5, 5.41) is 0.751. The highest BCUT2D eigenvalue weighted by atomic mass is 16.5. The number of aromatic amines is 1. The molecule has 0 atom stereocenters. The highest BCUT2D eigenvalue weighted by Crippen LogP contribution is 2.31. The van der Waals surface area contributed by atoms with E-state index in [4.69, 9.17) is 14.9 Å². The second kappa shape index (κ2) is 10.4. The Bertz CT molecular complexity index is 1250. The molecule has 33 heavy (non-hydrogen) atoms. The maximum Gasteiger partial charge on any atom is 0.330 e. The van der Waals surface area contributed by atoms with Crippen LogP contribution in [0.25, 0.3) is 11.0 Å². The molecule has 0 bridgehead atoms. The molecule has 0 spiro atoms. The number of nitrogen functional groups attached to an aromatic ring is 1. The van der Waals surface area contributed by atoms with Crippen LogP contribution in [-0.2, 0) is 6.54 Å². The van der Waals surface area contributed by atoms with Crippen LogP contribution in [0.15, 0.2) is 32.2 Å². The van der Waals surface area contributed by atoms with E-state index in [2.05, 4.69) is 11.9 Å². The number of nitrogens with one attached hydrogen (secondary N) is 1. The van der Waals surface area contributed by atoms with Gasteiger partial charge in [-0.2, -0.15) is 0 Å². The van der Waals surface area contributed by atoms with Crippen LogP contribution in [0.3, 0.4) is 0 Å². The van der Waals surface area contributed by atoms with Crippen LogP contribution < -0.4 is 26.6 Å². The van der Waals surface area contributed by atoms with Crippen LogP contribution in [0.5, 0.6) is 5.75 Å². The van der Waals surface area contributed by atoms with Crippen molar-refractivity contribution in [3.63, 3.8) is 0 Å². The second-order valence-electron chi connectivity index (χ2n) is 8.08. The maximum atomic E-state index is 13.7. The van der Waals surface area contributed by atoms with Gasteiger partial charge in [-0.05, 0) is 38.0 Å². The topological polar surface area (TPSA) is 124 Å². The van der Waals surface area contributed by atoms with Crippen molar-refractivity contribution in [1.82, 2.24) is 9.55 Å². The van der Waals surface area contributed by atoms with Gasteiger partial charge < -0.3 is 14.9 Å². The first kappa shape index (κ1) is 24.2. The number of aromatic nitrogens is 2. The number of amides is 1. The summed E-state index contributed by atoms with van der Waals surface area (Å²) in [6.45, 7) is 6.46. The maximum absolute atomic E-state index is 13.7. The average Bonchev–Trinajstić information content (AvgIpc) is 3.13. The van der Waals surface area contributed by atoms with Crippen molar-refractivity contribution in [3.05, 3.63) is 50.4 Å². The molecule has 0 fully saturated rings. The third-order valence-electron chi connectivity index (χ3n) is 5.79. The highest BCUT2D eigenvalue weighted by Gasteiger charge is 2.29. The monoisotopic (exact) mass is 456 g/mol. The number of hydrogen-bond donors (Lipinski definition) is 2. The van der Waals surface area contributed by atoms with Gasteiger partial charge in [-0.3, -0.25) is 24.0 Å². The number of ether oxygens (including phenoxy) is 1. The number of unbranched alkanes of at least 4 members (excludes halogenated alkanes) is 3. The molecule has 0 radical (unpaired) electrons. The number of rotatable bonds is 10. The number of anilines is 2. The fourth-order valence-electron chi connectivity index (χ4n) is 3.86.